The Labute approximate surface area is 625 Å². The minimum Gasteiger partial charge on any atom is -0.370 e. The third-order valence-corrected chi connectivity index (χ3v) is 18.5. The summed E-state index contributed by atoms with van der Waals surface area (Å²) in [5.74, 6) is -12.4. The SMILES string of the molecule is CC(=O)C[C@@H](Cc1ccccc1)C(=O)N[C@@H](CCCN)C(=O)C[C@@H](CCC(N)=O)C(=O)N[C@@H](CCC(N)=O)C(C)=O.C[C@H](CCCN)NC(=O)[C@@H](CC(=O)[C@H](CCCN)NC(=O)[C@@H](CC(=O)[C@H](CCCN)NC(=O)[C@H](CCC(N)=O)CC(=O)[C@@H](N)CCC(N)=O)Cc1ccccc1)Cc1c[nH]c2ccccc12. The lowest BCUT2D eigenvalue weighted by Crippen LogP contribution is -2.48. The summed E-state index contributed by atoms with van der Waals surface area (Å²) in [5, 5.41) is 14.9. The van der Waals surface area contributed by atoms with Gasteiger partial charge in [-0.2, -0.15) is 0 Å². The fourth-order valence-corrected chi connectivity index (χ4v) is 12.4. The molecule has 4 rings (SSSR count). The van der Waals surface area contributed by atoms with Crippen molar-refractivity contribution in [2.24, 2.45) is 81.2 Å². The Morgan fingerprint density at radius 3 is 1.14 bits per heavy atom. The van der Waals surface area contributed by atoms with Crippen LogP contribution >= 0.6 is 0 Å². The first kappa shape index (κ1) is 91.5. The molecule has 0 aliphatic rings. The Hall–Kier alpha value is -9.75. The summed E-state index contributed by atoms with van der Waals surface area (Å²) in [6, 6.07) is 20.5. The topological polar surface area (TPSA) is 566 Å². The molecule has 30 nitrogen and oxygen atoms in total. The number of rotatable bonds is 55. The largest absolute Gasteiger partial charge is 0.370 e. The Bertz CT molecular complexity index is 3570. The number of para-hydroxylation sites is 1. The van der Waals surface area contributed by atoms with E-state index in [9.17, 15) is 71.9 Å². The number of carbonyl (C=O) groups is 15. The van der Waals surface area contributed by atoms with Crippen molar-refractivity contribution >= 4 is 98.8 Å². The Morgan fingerprint density at radius 2 is 0.720 bits per heavy atom. The van der Waals surface area contributed by atoms with Gasteiger partial charge in [-0.25, -0.2) is 0 Å². The third kappa shape index (κ3) is 35.9. The first-order chi connectivity index (χ1) is 50.9. The van der Waals surface area contributed by atoms with Crippen LogP contribution in [0.5, 0.6) is 0 Å². The zero-order valence-corrected chi connectivity index (χ0v) is 62.1. The molecule has 0 bridgehead atoms. The zero-order valence-electron chi connectivity index (χ0n) is 62.1. The van der Waals surface area contributed by atoms with Crippen molar-refractivity contribution in [3.63, 3.8) is 0 Å². The number of hydrogen-bond donors (Lipinski definition) is 15. The number of nitrogens with one attached hydrogen (secondary N) is 6. The number of Topliss-reactive ketones (excluding diaryl/α,β-unsaturated/α-hetero) is 6. The maximum Gasteiger partial charge on any atom is 0.224 e. The Balaban J connectivity index is 0.000000621. The standard InChI is InChI=1S/C48H72N10O8.C29H43N5O7/c1-30(10-7-21-49)56-47(65)34(25-35-29-55-38-14-6-5-13-36(35)38)28-43(61)40(16-9-23-51)58-48(66)33(24-31-11-3-2-4-12-31)27-42(60)39(15-8-22-50)57-46(64)32(17-19-44(53)62)26-41(59)37(52)18-20-45(54)63;1-18(35)15-22(16-20-7-4-3-5-8-20)29(41)34-24(9-6-14-30)25(37)17-21(10-12-26(31)38)28(40)33-23(19(2)36)11-13-27(32)39/h2-6,11-14,29-30,32-34,37,39-40,55H,7-10,15-28,49-52H2,1H3,(H2,53,62)(H2,54,63)(H,56,65)(H,57,64)(H,58,66);3-5,7-8,21-24H,6,9-17,30H2,1-2H3,(H2,31,38)(H2,32,39)(H,33,40)(H,34,41)/t30-,32-,33-,34-,37+,39+,40+;21-,22+,23+,24+/m11/s1. The van der Waals surface area contributed by atoms with Crippen LogP contribution in [0.2, 0.25) is 0 Å². The summed E-state index contributed by atoms with van der Waals surface area (Å²) in [5.41, 5.74) is 53.5. The van der Waals surface area contributed by atoms with E-state index in [0.29, 0.717) is 45.1 Å². The molecule has 1 heterocycles. The zero-order chi connectivity index (χ0) is 79.5. The van der Waals surface area contributed by atoms with E-state index in [2.05, 4.69) is 31.6 Å². The summed E-state index contributed by atoms with van der Waals surface area (Å²) < 4.78 is 0. The van der Waals surface area contributed by atoms with Gasteiger partial charge in [0.2, 0.25) is 53.2 Å². The van der Waals surface area contributed by atoms with Crippen LogP contribution in [0.15, 0.2) is 91.1 Å². The molecule has 11 atom stereocenters. The summed E-state index contributed by atoms with van der Waals surface area (Å²) in [6.45, 7) is 5.67. The number of ketones is 6. The van der Waals surface area contributed by atoms with Crippen LogP contribution in [0, 0.1) is 29.6 Å². The van der Waals surface area contributed by atoms with E-state index in [0.717, 1.165) is 27.6 Å². The number of aromatic amines is 1. The van der Waals surface area contributed by atoms with Crippen LogP contribution in [0.3, 0.4) is 0 Å². The van der Waals surface area contributed by atoms with Crippen LogP contribution in [0.25, 0.3) is 10.9 Å². The molecule has 9 amide bonds. The van der Waals surface area contributed by atoms with Crippen molar-refractivity contribution in [2.75, 3.05) is 26.2 Å². The fraction of sp³-hybridized carbons (Fsp3) is 0.545. The quantitative estimate of drug-likeness (QED) is 0.0297. The first-order valence-corrected chi connectivity index (χ1v) is 36.8. The molecule has 0 saturated heterocycles. The van der Waals surface area contributed by atoms with Gasteiger partial charge in [0.05, 0.1) is 30.2 Å². The highest BCUT2D eigenvalue weighted by molar-refractivity contribution is 5.98. The van der Waals surface area contributed by atoms with Crippen molar-refractivity contribution in [2.45, 2.75) is 211 Å². The van der Waals surface area contributed by atoms with E-state index in [1.165, 1.54) is 13.8 Å². The van der Waals surface area contributed by atoms with Gasteiger partial charge in [-0.05, 0) is 166 Å². The second kappa shape index (κ2) is 49.9. The van der Waals surface area contributed by atoms with Crippen molar-refractivity contribution < 1.29 is 71.9 Å². The van der Waals surface area contributed by atoms with Gasteiger partial charge >= 0.3 is 0 Å². The summed E-state index contributed by atoms with van der Waals surface area (Å²) in [4.78, 5) is 197. The average molecular weight is 1490 g/mol. The minimum absolute atomic E-state index is 0.0129. The van der Waals surface area contributed by atoms with Crippen LogP contribution in [0.1, 0.15) is 172 Å². The van der Waals surface area contributed by atoms with E-state index >= 15 is 0 Å². The normalized spacial score (nSPS) is 14.2. The van der Waals surface area contributed by atoms with E-state index in [4.69, 9.17) is 51.6 Å². The lowest BCUT2D eigenvalue weighted by molar-refractivity contribution is -0.135. The highest BCUT2D eigenvalue weighted by Gasteiger charge is 2.36. The number of aromatic nitrogens is 1. The highest BCUT2D eigenvalue weighted by atomic mass is 16.2. The van der Waals surface area contributed by atoms with Gasteiger partial charge in [-0.15, -0.1) is 0 Å². The lowest BCUT2D eigenvalue weighted by atomic mass is 9.87. The minimum atomic E-state index is -1.13. The highest BCUT2D eigenvalue weighted by Crippen LogP contribution is 2.26. The van der Waals surface area contributed by atoms with E-state index < -0.39 is 130 Å². The third-order valence-electron chi connectivity index (χ3n) is 18.5. The van der Waals surface area contributed by atoms with Crippen LogP contribution in [-0.4, -0.2) is 155 Å². The molecule has 0 aliphatic heterocycles. The molecular weight excluding hydrogens is 1370 g/mol. The smallest absolute Gasteiger partial charge is 0.224 e. The molecule has 3 aromatic carbocycles. The number of primary amides is 4. The molecule has 107 heavy (non-hydrogen) atoms. The molecule has 24 N–H and O–H groups in total. The van der Waals surface area contributed by atoms with Gasteiger partial charge in [-0.1, -0.05) is 78.9 Å². The number of nitrogens with two attached hydrogens (primary N) is 9. The second-order valence-corrected chi connectivity index (χ2v) is 27.6. The monoisotopic (exact) mass is 1490 g/mol. The van der Waals surface area contributed by atoms with Gasteiger partial charge in [0, 0.05) is 111 Å². The van der Waals surface area contributed by atoms with Gasteiger partial charge < -0.3 is 88.0 Å². The summed E-state index contributed by atoms with van der Waals surface area (Å²) >= 11 is 0. The molecule has 0 radical (unpaired) electrons. The van der Waals surface area contributed by atoms with Gasteiger partial charge in [-0.3, -0.25) is 67.1 Å². The number of carbonyl (C=O) groups excluding carboxylic acids is 15. The summed E-state index contributed by atoms with van der Waals surface area (Å²) in [7, 11) is 0. The predicted molar refractivity (Wildman–Crippen MR) is 404 cm³/mol. The number of H-pyrrole nitrogens is 1. The molecule has 0 saturated carbocycles. The van der Waals surface area contributed by atoms with E-state index in [1.807, 2.05) is 85.9 Å². The lowest BCUT2D eigenvalue weighted by Gasteiger charge is -2.26. The second-order valence-electron chi connectivity index (χ2n) is 27.6. The molecule has 0 unspecified atom stereocenters. The van der Waals surface area contributed by atoms with Crippen molar-refractivity contribution in [1.82, 2.24) is 31.6 Å². The number of amides is 9. The van der Waals surface area contributed by atoms with Crippen LogP contribution in [-0.2, 0) is 91.2 Å². The fourth-order valence-electron chi connectivity index (χ4n) is 12.4. The molecular formula is C77H115N15O15. The molecule has 30 heteroatoms. The van der Waals surface area contributed by atoms with Crippen LogP contribution in [0.4, 0.5) is 0 Å². The average Bonchev–Trinajstić information content (AvgIpc) is 1.71. The first-order valence-electron chi connectivity index (χ1n) is 36.8. The van der Waals surface area contributed by atoms with Crippen LogP contribution < -0.4 is 78.2 Å². The molecule has 4 aromatic rings. The molecule has 0 fully saturated rings. The van der Waals surface area contributed by atoms with Crippen molar-refractivity contribution in [3.8, 4) is 0 Å². The maximum absolute atomic E-state index is 14.5. The number of benzene rings is 3. The number of fused-ring (bicyclic) bond motifs is 1. The van der Waals surface area contributed by atoms with Gasteiger partial charge in [0.1, 0.15) is 11.6 Å². The molecule has 0 aliphatic carbocycles. The van der Waals surface area contributed by atoms with E-state index in [-0.39, 0.29) is 159 Å². The Morgan fingerprint density at radius 1 is 0.374 bits per heavy atom. The van der Waals surface area contributed by atoms with Gasteiger partial charge in [0.25, 0.3) is 0 Å². The Kier molecular flexibility index (Phi) is 42.7. The summed E-state index contributed by atoms with van der Waals surface area (Å²) in [6.07, 6.45) is 3.31. The number of hydrogen-bond acceptors (Lipinski definition) is 20. The van der Waals surface area contributed by atoms with Crippen molar-refractivity contribution in [3.05, 3.63) is 108 Å². The molecule has 1 aromatic heterocycles. The van der Waals surface area contributed by atoms with E-state index in [1.54, 1.807) is 12.1 Å². The predicted octanol–water partition coefficient (Wildman–Crippen LogP) is 1.46. The molecule has 0 spiro atoms. The molecule has 588 valence electrons. The maximum atomic E-state index is 14.5. The van der Waals surface area contributed by atoms with Gasteiger partial charge in [0.15, 0.2) is 23.1 Å². The van der Waals surface area contributed by atoms with Crippen molar-refractivity contribution in [1.29, 1.82) is 0 Å².